The highest BCUT2D eigenvalue weighted by Gasteiger charge is 2.54. The lowest BCUT2D eigenvalue weighted by molar-refractivity contribution is 0.780. The Morgan fingerprint density at radius 1 is 0.289 bits per heavy atom. The Morgan fingerprint density at radius 3 is 1.18 bits per heavy atom. The topological polar surface area (TPSA) is 6.48 Å². The fourth-order valence-corrected chi connectivity index (χ4v) is 14.8. The summed E-state index contributed by atoms with van der Waals surface area (Å²) in [5.41, 5.74) is 31.0. The van der Waals surface area contributed by atoms with Crippen molar-refractivity contribution in [2.45, 2.75) is 49.4 Å². The minimum Gasteiger partial charge on any atom is -0.311 e. The lowest BCUT2D eigenvalue weighted by Gasteiger charge is -2.34. The van der Waals surface area contributed by atoms with Crippen LogP contribution in [0.2, 0.25) is 0 Å². The van der Waals surface area contributed by atoms with Crippen molar-refractivity contribution in [1.29, 1.82) is 0 Å². The summed E-state index contributed by atoms with van der Waals surface area (Å²) in [5, 5.41) is 0. The molecule has 0 amide bonds. The van der Waals surface area contributed by atoms with E-state index in [1.165, 1.54) is 112 Å². The number of rotatable bonds is 7. The van der Waals surface area contributed by atoms with Crippen LogP contribution >= 0.6 is 0 Å². The molecule has 0 aromatic heterocycles. The van der Waals surface area contributed by atoms with Crippen molar-refractivity contribution in [3.05, 3.63) is 316 Å². The van der Waals surface area contributed by atoms with Gasteiger partial charge in [-0.2, -0.15) is 0 Å². The summed E-state index contributed by atoms with van der Waals surface area (Å²) in [5.74, 6) is 0. The van der Waals surface area contributed by atoms with Crippen molar-refractivity contribution >= 4 is 39.6 Å². The summed E-state index contributed by atoms with van der Waals surface area (Å²) >= 11 is 0. The number of fused-ring (bicyclic) bond motifs is 18. The standard InChI is InChI=1S/C74H54N2/c1-3-19-51(20-4-1)75(55-43-45-63-61-27-11-17-33-69(61)73(71(63)47-55)65-29-13-7-23-57(65)58-24-8-14-30-66(58)73)53-39-35-49(36-40-53)50-37-41-54(42-38-50)76(52-21-5-2-6-22-52)56-44-46-64-62-28-12-18-34-70(62)74(72(64)48-56)67-31-15-9-25-59(67)60-26-10-16-32-68(60)74/h1,3-5,7,9,11-23,25,27-48H,2,6,8,10,24,26H2. The molecule has 7 aliphatic rings. The smallest absolute Gasteiger partial charge is 0.0722 e. The van der Waals surface area contributed by atoms with E-state index in [9.17, 15) is 0 Å². The fraction of sp³-hybridized carbons (Fsp3) is 0.108. The third kappa shape index (κ3) is 5.98. The Kier molecular flexibility index (Phi) is 9.58. The second-order valence-corrected chi connectivity index (χ2v) is 21.5. The first-order valence-corrected chi connectivity index (χ1v) is 27.4. The quantitative estimate of drug-likeness (QED) is 0.157. The van der Waals surface area contributed by atoms with E-state index in [4.69, 9.17) is 0 Å². The van der Waals surface area contributed by atoms with Crippen molar-refractivity contribution < 1.29 is 0 Å². The lowest BCUT2D eigenvalue weighted by atomic mass is 9.69. The summed E-state index contributed by atoms with van der Waals surface area (Å²) in [6.45, 7) is 0. The highest BCUT2D eigenvalue weighted by molar-refractivity contribution is 5.99. The van der Waals surface area contributed by atoms with Crippen LogP contribution in [0.1, 0.15) is 83.0 Å². The molecule has 2 atom stereocenters. The van der Waals surface area contributed by atoms with Gasteiger partial charge in [0.05, 0.1) is 10.8 Å². The maximum Gasteiger partial charge on any atom is 0.0722 e. The van der Waals surface area contributed by atoms with E-state index in [-0.39, 0.29) is 10.8 Å². The molecular formula is C74H54N2. The number of nitrogens with zero attached hydrogens (tertiary/aromatic N) is 2. The Bertz CT molecular complexity index is 4100. The molecule has 2 unspecified atom stereocenters. The first-order valence-electron chi connectivity index (χ1n) is 27.4. The van der Waals surface area contributed by atoms with E-state index < -0.39 is 0 Å². The third-order valence-electron chi connectivity index (χ3n) is 17.9. The number of para-hydroxylation sites is 1. The Labute approximate surface area is 446 Å². The van der Waals surface area contributed by atoms with Gasteiger partial charge in [-0.05, 0) is 205 Å². The molecule has 9 aromatic carbocycles. The van der Waals surface area contributed by atoms with Crippen molar-refractivity contribution in [2.24, 2.45) is 0 Å². The molecule has 0 radical (unpaired) electrons. The number of anilines is 5. The number of hydrogen-bond acceptors (Lipinski definition) is 2. The zero-order valence-electron chi connectivity index (χ0n) is 42.4. The van der Waals surface area contributed by atoms with Gasteiger partial charge in [-0.1, -0.05) is 188 Å². The third-order valence-corrected chi connectivity index (χ3v) is 17.9. The molecule has 0 fully saturated rings. The van der Waals surface area contributed by atoms with Gasteiger partial charge in [-0.25, -0.2) is 0 Å². The minimum atomic E-state index is -0.367. The van der Waals surface area contributed by atoms with Crippen molar-refractivity contribution in [3.8, 4) is 33.4 Å². The largest absolute Gasteiger partial charge is 0.311 e. The molecule has 9 aromatic rings. The molecule has 0 bridgehead atoms. The Morgan fingerprint density at radius 2 is 0.684 bits per heavy atom. The van der Waals surface area contributed by atoms with Gasteiger partial charge >= 0.3 is 0 Å². The van der Waals surface area contributed by atoms with Crippen LogP contribution in [-0.2, 0) is 10.8 Å². The normalized spacial score (nSPS) is 19.4. The van der Waals surface area contributed by atoms with Gasteiger partial charge in [-0.15, -0.1) is 0 Å². The number of benzene rings is 9. The average molecular weight is 971 g/mol. The first-order chi connectivity index (χ1) is 37.7. The predicted octanol–water partition coefficient (Wildman–Crippen LogP) is 19.1. The Hall–Kier alpha value is -8.98. The maximum absolute atomic E-state index is 2.52. The van der Waals surface area contributed by atoms with Crippen LogP contribution in [0.4, 0.5) is 28.4 Å². The highest BCUT2D eigenvalue weighted by Crippen LogP contribution is 2.66. The van der Waals surface area contributed by atoms with E-state index in [0.717, 1.165) is 61.3 Å². The number of hydrogen-bond donors (Lipinski definition) is 0. The molecule has 16 rings (SSSR count). The van der Waals surface area contributed by atoms with Crippen molar-refractivity contribution in [3.63, 3.8) is 0 Å². The summed E-state index contributed by atoms with van der Waals surface area (Å²) < 4.78 is 0. The highest BCUT2D eigenvalue weighted by atomic mass is 15.2. The van der Waals surface area contributed by atoms with Gasteiger partial charge in [0, 0.05) is 34.1 Å². The number of allylic oxidation sites excluding steroid dienone is 11. The molecule has 360 valence electrons. The molecule has 2 spiro atoms. The van der Waals surface area contributed by atoms with Gasteiger partial charge in [0.25, 0.3) is 0 Å². The molecule has 0 N–H and O–H groups in total. The second kappa shape index (κ2) is 16.8. The van der Waals surface area contributed by atoms with Gasteiger partial charge < -0.3 is 9.80 Å². The van der Waals surface area contributed by atoms with Gasteiger partial charge in [0.15, 0.2) is 0 Å². The van der Waals surface area contributed by atoms with Gasteiger partial charge in [0.1, 0.15) is 0 Å². The predicted molar refractivity (Wildman–Crippen MR) is 316 cm³/mol. The average Bonchev–Trinajstić information content (AvgIpc) is 4.28. The summed E-state index contributed by atoms with van der Waals surface area (Å²) in [6.07, 6.45) is 23.1. The SMILES string of the molecule is C1=CC(N(c2ccc(-c3ccc(N(c4ccccc4)c4ccc5c(c4)C4(C6=C(CCC=C6)c6ccccc64)c4ccccc4-5)cc3)cc2)c2ccc3c(c2)C2(C4=C(CCC=C4)c4ccccc42)c2ccccc2-3)=CCC1. The molecular weight excluding hydrogens is 917 g/mol. The molecule has 0 saturated heterocycles. The minimum absolute atomic E-state index is 0.357. The zero-order chi connectivity index (χ0) is 50.0. The zero-order valence-corrected chi connectivity index (χ0v) is 42.4. The van der Waals surface area contributed by atoms with Crippen LogP contribution in [0.15, 0.2) is 272 Å². The summed E-state index contributed by atoms with van der Waals surface area (Å²) in [7, 11) is 0. The Balaban J connectivity index is 0.774. The van der Waals surface area contributed by atoms with Crippen LogP contribution in [0.5, 0.6) is 0 Å². The molecule has 0 saturated carbocycles. The van der Waals surface area contributed by atoms with E-state index in [2.05, 4.69) is 265 Å². The monoisotopic (exact) mass is 970 g/mol. The van der Waals surface area contributed by atoms with Crippen LogP contribution in [-0.4, -0.2) is 0 Å². The van der Waals surface area contributed by atoms with Crippen LogP contribution in [0, 0.1) is 0 Å². The molecule has 76 heavy (non-hydrogen) atoms. The van der Waals surface area contributed by atoms with Gasteiger partial charge in [0.2, 0.25) is 0 Å². The van der Waals surface area contributed by atoms with Crippen LogP contribution in [0.3, 0.4) is 0 Å². The van der Waals surface area contributed by atoms with Gasteiger partial charge in [-0.3, -0.25) is 0 Å². The van der Waals surface area contributed by atoms with E-state index in [1.807, 2.05) is 0 Å². The first kappa shape index (κ1) is 43.4. The van der Waals surface area contributed by atoms with Crippen molar-refractivity contribution in [1.82, 2.24) is 0 Å². The summed E-state index contributed by atoms with van der Waals surface area (Å²) in [4.78, 5) is 4.92. The van der Waals surface area contributed by atoms with E-state index >= 15 is 0 Å². The lowest BCUT2D eigenvalue weighted by Crippen LogP contribution is -2.27. The molecule has 0 heterocycles. The second-order valence-electron chi connectivity index (χ2n) is 21.5. The molecule has 7 aliphatic carbocycles. The van der Waals surface area contributed by atoms with E-state index in [1.54, 1.807) is 0 Å². The molecule has 2 heteroatoms. The molecule has 2 nitrogen and oxygen atoms in total. The fourth-order valence-electron chi connectivity index (χ4n) is 14.8. The summed E-state index contributed by atoms with van der Waals surface area (Å²) in [6, 6.07) is 80.5. The van der Waals surface area contributed by atoms with Crippen molar-refractivity contribution in [2.75, 3.05) is 9.80 Å². The maximum atomic E-state index is 2.52. The van der Waals surface area contributed by atoms with Crippen LogP contribution < -0.4 is 9.80 Å². The molecule has 0 aliphatic heterocycles. The van der Waals surface area contributed by atoms with Crippen LogP contribution in [0.25, 0.3) is 44.5 Å². The van der Waals surface area contributed by atoms with E-state index in [0.29, 0.717) is 0 Å².